The van der Waals surface area contributed by atoms with Crippen molar-refractivity contribution in [2.45, 2.75) is 19.3 Å². The first-order valence-electron chi connectivity index (χ1n) is 24.6. The molecule has 11 aromatic rings. The Morgan fingerprint density at radius 2 is 0.676 bits per heavy atom. The molecular formula is C69H52N2. The van der Waals surface area contributed by atoms with Gasteiger partial charge >= 0.3 is 0 Å². The van der Waals surface area contributed by atoms with E-state index in [1.807, 2.05) is 0 Å². The maximum atomic E-state index is 2.49. The minimum absolute atomic E-state index is 0.182. The summed E-state index contributed by atoms with van der Waals surface area (Å²) in [4.78, 5) is 4.87. The highest BCUT2D eigenvalue weighted by Gasteiger charge is 2.36. The lowest BCUT2D eigenvalue weighted by molar-refractivity contribution is 0.660. The van der Waals surface area contributed by atoms with Crippen LogP contribution in [0.3, 0.4) is 0 Å². The van der Waals surface area contributed by atoms with Crippen LogP contribution in [0.15, 0.2) is 279 Å². The van der Waals surface area contributed by atoms with Crippen LogP contribution in [-0.4, -0.2) is 0 Å². The molecule has 0 atom stereocenters. The van der Waals surface area contributed by atoms with Gasteiger partial charge in [0.1, 0.15) is 0 Å². The third kappa shape index (κ3) is 8.10. The molecule has 0 aliphatic heterocycles. The third-order valence-electron chi connectivity index (χ3n) is 14.2. The van der Waals surface area contributed by atoms with Crippen LogP contribution >= 0.6 is 0 Å². The number of rotatable bonds is 11. The van der Waals surface area contributed by atoms with E-state index >= 15 is 0 Å². The van der Waals surface area contributed by atoms with Gasteiger partial charge < -0.3 is 9.80 Å². The number of hydrogen-bond donors (Lipinski definition) is 0. The molecule has 0 unspecified atom stereocenters. The standard InChI is InChI=1S/C69H52N2/c1-69(2)65-37-20-18-34-63(65)64-44-43-57(48-66(64)69)71(67-38-21-19-33-60(67)50-23-8-3-9-24-50)59-46-54(45-58(47-59)70(55-29-14-6-15-30-55)56-31-16-7-17-32-56)49-39-41-53(42-40-49)68-61(51-25-10-4-11-26-51)35-22-36-62(68)52-27-12-5-13-28-52/h3-48H,1-2H3. The average Bonchev–Trinajstić information content (AvgIpc) is 3.67. The molecule has 0 saturated carbocycles. The van der Waals surface area contributed by atoms with Crippen LogP contribution in [0.4, 0.5) is 34.1 Å². The van der Waals surface area contributed by atoms with Gasteiger partial charge in [0.25, 0.3) is 0 Å². The zero-order valence-corrected chi connectivity index (χ0v) is 40.0. The quantitative estimate of drug-likeness (QED) is 0.128. The zero-order valence-electron chi connectivity index (χ0n) is 40.0. The summed E-state index contributed by atoms with van der Waals surface area (Å²) >= 11 is 0. The summed E-state index contributed by atoms with van der Waals surface area (Å²) in [6, 6.07) is 102. The summed E-state index contributed by atoms with van der Waals surface area (Å²) in [6.07, 6.45) is 0. The molecule has 12 rings (SSSR count). The second kappa shape index (κ2) is 18.5. The molecule has 0 heterocycles. The van der Waals surface area contributed by atoms with E-state index in [2.05, 4.69) is 303 Å². The molecule has 0 spiro atoms. The molecule has 0 aromatic heterocycles. The van der Waals surface area contributed by atoms with E-state index in [9.17, 15) is 0 Å². The molecule has 1 aliphatic carbocycles. The molecular weight excluding hydrogens is 857 g/mol. The molecule has 0 radical (unpaired) electrons. The second-order valence-electron chi connectivity index (χ2n) is 18.9. The molecule has 11 aromatic carbocycles. The van der Waals surface area contributed by atoms with Gasteiger partial charge in [-0.15, -0.1) is 0 Å². The summed E-state index contributed by atoms with van der Waals surface area (Å²) < 4.78 is 0. The fourth-order valence-electron chi connectivity index (χ4n) is 10.8. The molecule has 0 saturated heterocycles. The Morgan fingerprint density at radius 1 is 0.239 bits per heavy atom. The van der Waals surface area contributed by atoms with Gasteiger partial charge in [-0.25, -0.2) is 0 Å². The SMILES string of the molecule is CC1(C)c2ccccc2-c2ccc(N(c3cc(-c4ccc(-c5c(-c6ccccc6)cccc5-c5ccccc5)cc4)cc(N(c4ccccc4)c4ccccc4)c3)c3ccccc3-c3ccccc3)cc21. The predicted octanol–water partition coefficient (Wildman–Crippen LogP) is 19.3. The molecule has 71 heavy (non-hydrogen) atoms. The van der Waals surface area contributed by atoms with Crippen LogP contribution in [0.5, 0.6) is 0 Å². The number of nitrogens with zero attached hydrogens (tertiary/aromatic N) is 2. The van der Waals surface area contributed by atoms with Crippen molar-refractivity contribution in [2.24, 2.45) is 0 Å². The van der Waals surface area contributed by atoms with Gasteiger partial charge in [-0.1, -0.05) is 232 Å². The Labute approximate surface area is 418 Å². The summed E-state index contributed by atoms with van der Waals surface area (Å²) in [5.74, 6) is 0. The van der Waals surface area contributed by atoms with Crippen molar-refractivity contribution in [3.8, 4) is 66.8 Å². The number of anilines is 6. The zero-order chi connectivity index (χ0) is 47.7. The van der Waals surface area contributed by atoms with Crippen LogP contribution in [0.1, 0.15) is 25.0 Å². The van der Waals surface area contributed by atoms with Gasteiger partial charge in [0, 0.05) is 39.4 Å². The third-order valence-corrected chi connectivity index (χ3v) is 14.2. The maximum absolute atomic E-state index is 2.49. The van der Waals surface area contributed by atoms with E-state index in [4.69, 9.17) is 0 Å². The number of hydrogen-bond acceptors (Lipinski definition) is 2. The number of benzene rings is 11. The molecule has 0 bridgehead atoms. The molecule has 0 amide bonds. The summed E-state index contributed by atoms with van der Waals surface area (Å²) in [7, 11) is 0. The summed E-state index contributed by atoms with van der Waals surface area (Å²) in [5, 5.41) is 0. The van der Waals surface area contributed by atoms with E-state index in [1.165, 1.54) is 55.6 Å². The Bertz CT molecular complexity index is 3540. The van der Waals surface area contributed by atoms with E-state index in [1.54, 1.807) is 0 Å². The predicted molar refractivity (Wildman–Crippen MR) is 301 cm³/mol. The van der Waals surface area contributed by atoms with Gasteiger partial charge in [-0.2, -0.15) is 0 Å². The first-order chi connectivity index (χ1) is 35.0. The minimum atomic E-state index is -0.182. The minimum Gasteiger partial charge on any atom is -0.310 e. The highest BCUT2D eigenvalue weighted by Crippen LogP contribution is 2.52. The topological polar surface area (TPSA) is 6.48 Å². The fraction of sp³-hybridized carbons (Fsp3) is 0.0435. The monoisotopic (exact) mass is 908 g/mol. The largest absolute Gasteiger partial charge is 0.310 e. The van der Waals surface area contributed by atoms with E-state index < -0.39 is 0 Å². The Hall–Kier alpha value is -8.98. The van der Waals surface area contributed by atoms with Crippen LogP contribution in [0, 0.1) is 0 Å². The van der Waals surface area contributed by atoms with Crippen molar-refractivity contribution >= 4 is 34.1 Å². The second-order valence-corrected chi connectivity index (χ2v) is 18.9. The average molecular weight is 909 g/mol. The van der Waals surface area contributed by atoms with Crippen molar-refractivity contribution in [3.63, 3.8) is 0 Å². The Kier molecular flexibility index (Phi) is 11.3. The van der Waals surface area contributed by atoms with Crippen LogP contribution in [-0.2, 0) is 5.41 Å². The van der Waals surface area contributed by atoms with Gasteiger partial charge in [0.2, 0.25) is 0 Å². The molecule has 338 valence electrons. The Balaban J connectivity index is 1.09. The van der Waals surface area contributed by atoms with Gasteiger partial charge in [0.05, 0.1) is 5.69 Å². The summed E-state index contributed by atoms with van der Waals surface area (Å²) in [6.45, 7) is 4.73. The van der Waals surface area contributed by atoms with Gasteiger partial charge in [-0.3, -0.25) is 0 Å². The van der Waals surface area contributed by atoms with Crippen molar-refractivity contribution in [1.29, 1.82) is 0 Å². The van der Waals surface area contributed by atoms with E-state index in [0.717, 1.165) is 56.4 Å². The normalized spacial score (nSPS) is 12.2. The molecule has 1 aliphatic rings. The molecule has 0 fully saturated rings. The number of para-hydroxylation sites is 3. The van der Waals surface area contributed by atoms with Crippen LogP contribution in [0.2, 0.25) is 0 Å². The van der Waals surface area contributed by atoms with Crippen molar-refractivity contribution in [3.05, 3.63) is 290 Å². The summed E-state index contributed by atoms with van der Waals surface area (Å²) in [5.41, 5.74) is 23.3. The molecule has 2 nitrogen and oxygen atoms in total. The first-order valence-corrected chi connectivity index (χ1v) is 24.6. The maximum Gasteiger partial charge on any atom is 0.0540 e. The fourth-order valence-corrected chi connectivity index (χ4v) is 10.8. The van der Waals surface area contributed by atoms with Crippen molar-refractivity contribution in [2.75, 3.05) is 9.80 Å². The van der Waals surface area contributed by atoms with Crippen molar-refractivity contribution in [1.82, 2.24) is 0 Å². The lowest BCUT2D eigenvalue weighted by atomic mass is 9.82. The van der Waals surface area contributed by atoms with Crippen LogP contribution in [0.25, 0.3) is 66.8 Å². The lowest BCUT2D eigenvalue weighted by Gasteiger charge is -2.32. The smallest absolute Gasteiger partial charge is 0.0540 e. The molecule has 0 N–H and O–H groups in total. The van der Waals surface area contributed by atoms with Crippen LogP contribution < -0.4 is 9.80 Å². The van der Waals surface area contributed by atoms with Gasteiger partial charge in [0.15, 0.2) is 0 Å². The van der Waals surface area contributed by atoms with E-state index in [0.29, 0.717) is 0 Å². The van der Waals surface area contributed by atoms with Gasteiger partial charge in [-0.05, 0) is 133 Å². The van der Waals surface area contributed by atoms with E-state index in [-0.39, 0.29) is 5.41 Å². The first kappa shape index (κ1) is 43.3. The Morgan fingerprint density at radius 3 is 1.25 bits per heavy atom. The highest BCUT2D eigenvalue weighted by atomic mass is 15.2. The number of fused-ring (bicyclic) bond motifs is 3. The lowest BCUT2D eigenvalue weighted by Crippen LogP contribution is -2.17. The van der Waals surface area contributed by atoms with Crippen molar-refractivity contribution < 1.29 is 0 Å². The molecule has 2 heteroatoms. The highest BCUT2D eigenvalue weighted by molar-refractivity contribution is 5.97.